The number of carbonyl (C=O) groups excluding carboxylic acids is 14. The van der Waals surface area contributed by atoms with Crippen LogP contribution in [0.1, 0.15) is 136 Å². The van der Waals surface area contributed by atoms with Gasteiger partial charge in [-0.05, 0) is 108 Å². The summed E-state index contributed by atoms with van der Waals surface area (Å²) in [4.78, 5) is 197. The Kier molecular flexibility index (Phi) is 31.0. The summed E-state index contributed by atoms with van der Waals surface area (Å²) in [6.45, 7) is 18.7. The zero-order valence-corrected chi connectivity index (χ0v) is 66.7. The molecule has 32 heteroatoms. The summed E-state index contributed by atoms with van der Waals surface area (Å²) in [5.74, 6) is -5.03. The van der Waals surface area contributed by atoms with Crippen molar-refractivity contribution in [3.63, 3.8) is 0 Å². The van der Waals surface area contributed by atoms with Crippen molar-refractivity contribution in [1.82, 2.24) is 55.4 Å². The van der Waals surface area contributed by atoms with Crippen LogP contribution in [0, 0.1) is 6.57 Å². The van der Waals surface area contributed by atoms with Crippen LogP contribution in [0.15, 0.2) is 170 Å². The lowest BCUT2D eigenvalue weighted by molar-refractivity contribution is -0.144. The Morgan fingerprint density at radius 1 is 0.420 bits per heavy atom. The van der Waals surface area contributed by atoms with Crippen molar-refractivity contribution < 1.29 is 81.3 Å². The number of fused-ring (bicyclic) bond motifs is 3. The molecule has 620 valence electrons. The van der Waals surface area contributed by atoms with Crippen LogP contribution in [0.2, 0.25) is 0 Å². The highest BCUT2D eigenvalue weighted by molar-refractivity contribution is 6.46. The van der Waals surface area contributed by atoms with Crippen LogP contribution in [0.25, 0.3) is 43.3 Å². The molecule has 3 fully saturated rings. The first-order chi connectivity index (χ1) is 57.5. The Balaban J connectivity index is 0.000000188. The molecule has 3 aromatic heterocycles. The van der Waals surface area contributed by atoms with Crippen LogP contribution in [-0.2, 0) is 43.0 Å². The van der Waals surface area contributed by atoms with E-state index in [1.165, 1.54) is 40.4 Å². The quantitative estimate of drug-likeness (QED) is 0.00607. The number of nitrogens with one attached hydrogen (secondary N) is 9. The van der Waals surface area contributed by atoms with Gasteiger partial charge in [0.2, 0.25) is 0 Å². The van der Waals surface area contributed by atoms with E-state index in [4.69, 9.17) is 16.0 Å². The highest BCUT2D eigenvalue weighted by Gasteiger charge is 2.37. The van der Waals surface area contributed by atoms with Gasteiger partial charge in [0.05, 0.1) is 77.2 Å². The fourth-order valence-electron chi connectivity index (χ4n) is 14.0. The number of hydrogen-bond donors (Lipinski definition) is 9. The molecule has 0 unspecified atom stereocenters. The Labute approximate surface area is 685 Å². The van der Waals surface area contributed by atoms with Crippen molar-refractivity contribution >= 4 is 138 Å². The second-order valence-electron chi connectivity index (χ2n) is 28.1. The number of aromatic amines is 3. The van der Waals surface area contributed by atoms with Crippen molar-refractivity contribution in [3.05, 3.63) is 215 Å². The largest absolute Gasteiger partial charge is 0.469 e. The highest BCUT2D eigenvalue weighted by atomic mass is 16.5. The van der Waals surface area contributed by atoms with Crippen LogP contribution in [-0.4, -0.2) is 227 Å². The summed E-state index contributed by atoms with van der Waals surface area (Å²) in [5.41, 5.74) is 7.11. The molecule has 0 aliphatic carbocycles. The topological polar surface area (TPSA) is 407 Å². The van der Waals surface area contributed by atoms with Crippen LogP contribution in [0.4, 0.5) is 31.4 Å². The lowest BCUT2D eigenvalue weighted by Crippen LogP contribution is -2.56. The van der Waals surface area contributed by atoms with E-state index >= 15 is 0 Å². The van der Waals surface area contributed by atoms with E-state index in [9.17, 15) is 67.1 Å². The van der Waals surface area contributed by atoms with E-state index in [0.717, 1.165) is 11.1 Å². The molecule has 9 N–H and O–H groups in total. The number of likely N-dealkylation sites (tertiary alicyclic amines) is 1. The first-order valence-corrected chi connectivity index (χ1v) is 39.2. The van der Waals surface area contributed by atoms with Crippen LogP contribution in [0.3, 0.4) is 0 Å². The molecule has 0 radical (unpaired) electrons. The average Bonchev–Trinajstić information content (AvgIpc) is 1.67. The molecule has 3 aliphatic heterocycles. The fraction of sp³-hybridized carbons (Fsp3) is 0.322. The smallest absolute Gasteiger partial charge is 0.319 e. The number of benzene rings is 6. The van der Waals surface area contributed by atoms with Crippen molar-refractivity contribution in [3.8, 4) is 0 Å². The number of piperidine rings is 1. The third-order valence-corrected chi connectivity index (χ3v) is 20.1. The van der Waals surface area contributed by atoms with Crippen molar-refractivity contribution in [2.75, 3.05) is 108 Å². The number of aromatic nitrogens is 3. The second-order valence-corrected chi connectivity index (χ2v) is 28.1. The van der Waals surface area contributed by atoms with Gasteiger partial charge in [-0.2, -0.15) is 0 Å². The third-order valence-electron chi connectivity index (χ3n) is 20.1. The summed E-state index contributed by atoms with van der Waals surface area (Å²) >= 11 is 0. The number of para-hydroxylation sites is 3. The minimum Gasteiger partial charge on any atom is -0.469 e. The predicted molar refractivity (Wildman–Crippen MR) is 445 cm³/mol. The van der Waals surface area contributed by atoms with Crippen LogP contribution in [0.5, 0.6) is 0 Å². The molecule has 2 atom stereocenters. The zero-order valence-electron chi connectivity index (χ0n) is 66.7. The summed E-state index contributed by atoms with van der Waals surface area (Å²) in [5, 5.41) is 17.8. The van der Waals surface area contributed by atoms with Gasteiger partial charge in [0.15, 0.2) is 5.70 Å². The number of anilines is 3. The van der Waals surface area contributed by atoms with E-state index in [2.05, 4.69) is 56.4 Å². The maximum atomic E-state index is 13.3. The maximum absolute atomic E-state index is 13.3. The van der Waals surface area contributed by atoms with Gasteiger partial charge in [0.1, 0.15) is 0 Å². The van der Waals surface area contributed by atoms with Crippen LogP contribution < -0.4 is 31.9 Å². The molecule has 11 amide bonds. The molecule has 12 rings (SSSR count). The van der Waals surface area contributed by atoms with Crippen molar-refractivity contribution in [1.29, 1.82) is 0 Å². The minimum absolute atomic E-state index is 0.106. The molecule has 3 aliphatic rings. The average molecular weight is 1620 g/mol. The number of methoxy groups -OCH3 is 1. The number of piperazine rings is 2. The van der Waals surface area contributed by atoms with Gasteiger partial charge in [0.25, 0.3) is 46.9 Å². The number of carbonyl (C=O) groups is 14. The van der Waals surface area contributed by atoms with E-state index in [1.807, 2.05) is 56.3 Å². The molecule has 0 saturated carbocycles. The van der Waals surface area contributed by atoms with Crippen molar-refractivity contribution in [2.24, 2.45) is 0 Å². The second kappa shape index (κ2) is 42.4. The molecule has 119 heavy (non-hydrogen) atoms. The zero-order chi connectivity index (χ0) is 85.1. The Morgan fingerprint density at radius 2 is 0.765 bits per heavy atom. The number of urea groups is 3. The maximum Gasteiger partial charge on any atom is 0.319 e. The molecule has 3 saturated heterocycles. The highest BCUT2D eigenvalue weighted by Crippen LogP contribution is 2.33. The summed E-state index contributed by atoms with van der Waals surface area (Å²) in [6.07, 6.45) is 7.39. The number of ketones is 3. The number of nitrogens with zero attached hydrogens (tertiary/aromatic N) is 6. The number of Topliss-reactive ketones (excluding diaryl/α,β-unsaturated/α-hetero) is 3. The Morgan fingerprint density at radius 3 is 1.10 bits per heavy atom. The van der Waals surface area contributed by atoms with Crippen LogP contribution >= 0.6 is 0 Å². The minimum atomic E-state index is -0.666. The lowest BCUT2D eigenvalue weighted by atomic mass is 9.97. The predicted octanol–water partition coefficient (Wildman–Crippen LogP) is 10.8. The molecular formula is C87H95N15O17. The SMILES string of the molecule is CCOC(=O)CCCNC(=O)Nc1cccc2c(C(=O)C(=O)N3CCN(C(=O)c4ccccc4)C[C@H]3C)c[nH]c12.COC(=O)CCCNC(=O)Nc1cccc2c(C(=O)C(=O)N3CCN(C(=O)c4ccccc4)C[C@H]3C)c[nH]c12.[C-]#[N+]C(=C1CCN(C(=O)C(=O)c2c[nH]c3c(NC(=O)NCCCC(=O)OCC)cccc23)CC1)c1ccccc1. The number of esters is 3. The van der Waals surface area contributed by atoms with Gasteiger partial charge < -0.3 is 85.6 Å². The Hall–Kier alpha value is -14.3. The van der Waals surface area contributed by atoms with E-state index in [1.54, 1.807) is 127 Å². The van der Waals surface area contributed by atoms with Crippen molar-refractivity contribution in [2.45, 2.75) is 91.1 Å². The van der Waals surface area contributed by atoms with E-state index in [0.29, 0.717) is 158 Å². The molecule has 6 aromatic carbocycles. The van der Waals surface area contributed by atoms with Gasteiger partial charge in [0, 0.05) is 149 Å². The summed E-state index contributed by atoms with van der Waals surface area (Å²) in [6, 6.07) is 40.5. The third kappa shape index (κ3) is 22.7. The van der Waals surface area contributed by atoms with E-state index in [-0.39, 0.29) is 104 Å². The number of rotatable bonds is 26. The number of H-pyrrole nitrogens is 3. The summed E-state index contributed by atoms with van der Waals surface area (Å²) < 4.78 is 14.3. The first-order valence-electron chi connectivity index (χ1n) is 39.2. The molecule has 0 spiro atoms. The molecule has 6 heterocycles. The van der Waals surface area contributed by atoms with Gasteiger partial charge >= 0.3 is 36.0 Å². The van der Waals surface area contributed by atoms with Gasteiger partial charge in [-0.15, -0.1) is 0 Å². The molecule has 9 aromatic rings. The molecule has 32 nitrogen and oxygen atoms in total. The number of ether oxygens (including phenoxy) is 3. The van der Waals surface area contributed by atoms with Gasteiger partial charge in [-0.1, -0.05) is 109 Å². The van der Waals surface area contributed by atoms with E-state index < -0.39 is 53.2 Å². The number of hydrogen-bond acceptors (Lipinski definition) is 17. The number of amides is 11. The monoisotopic (exact) mass is 1620 g/mol. The standard InChI is InChI=1S/C30H31N5O5.C29H33N5O6.C28H31N5O6/c1-3-40-25(36)13-8-16-32-30(39)34-24-12-7-11-22-23(19-33-27(22)24)28(37)29(38)35-17-14-21(15-18-35)26(31-2)20-9-5-4-6-10-20;1-3-40-24(35)13-8-14-30-29(39)32-23-12-7-11-21-22(17-31-25(21)23)26(36)28(38)34-16-15-33(18-19(34)2)27(37)20-9-5-4-6-10-20;1-18-17-32(26(36)19-8-4-3-5-9-19)14-15-33(18)27(37)25(35)21-16-30-24-20(21)10-6-11-22(24)31-28(38)29-13-7-12-23(34)39-2/h4-7,9-12,19,33H,3,8,13-18H2,1H3,(H2,32,34,39);4-7,9-12,17,19,31H,3,8,13-16,18H2,1-2H3,(H2,30,32,39);3-6,8-11,16,18,30H,7,12-15,17H2,1-2H3,(H2,29,31,38)/t;19-;18-/m.11/s1. The first kappa shape index (κ1) is 87.1. The summed E-state index contributed by atoms with van der Waals surface area (Å²) in [7, 11) is 1.31. The van der Waals surface area contributed by atoms with Gasteiger partial charge in [-0.3, -0.25) is 52.7 Å². The normalized spacial score (nSPS) is 14.3. The Bertz CT molecular complexity index is 5290. The molecule has 0 bridgehead atoms. The lowest BCUT2D eigenvalue weighted by Gasteiger charge is -2.39. The molecular weight excluding hydrogens is 1530 g/mol. The fourth-order valence-corrected chi connectivity index (χ4v) is 14.0. The van der Waals surface area contributed by atoms with Gasteiger partial charge in [-0.25, -0.2) is 19.2 Å².